The summed E-state index contributed by atoms with van der Waals surface area (Å²) >= 11 is 5.94. The summed E-state index contributed by atoms with van der Waals surface area (Å²) < 4.78 is 6.41. The largest absolute Gasteiger partial charge is 0.367 e. The fraction of sp³-hybridized carbons (Fsp3) is 0.310. The molecule has 3 saturated heterocycles. The Labute approximate surface area is 219 Å². The van der Waals surface area contributed by atoms with Crippen molar-refractivity contribution >= 4 is 45.8 Å². The first-order valence-electron chi connectivity index (χ1n) is 12.3. The van der Waals surface area contributed by atoms with E-state index in [1.165, 1.54) is 4.90 Å². The molecule has 1 N–H and O–H groups in total. The average Bonchev–Trinajstić information content (AvgIpc) is 3.47. The molecule has 0 radical (unpaired) electrons. The maximum atomic E-state index is 13.9. The molecule has 0 spiro atoms. The minimum Gasteiger partial charge on any atom is -0.367 e. The van der Waals surface area contributed by atoms with E-state index in [2.05, 4.69) is 11.4 Å². The monoisotopic (exact) mass is 513 g/mol. The van der Waals surface area contributed by atoms with E-state index < -0.39 is 23.0 Å². The quantitative estimate of drug-likeness (QED) is 0.506. The lowest BCUT2D eigenvalue weighted by atomic mass is 9.67. The van der Waals surface area contributed by atoms with E-state index in [0.29, 0.717) is 46.4 Å². The van der Waals surface area contributed by atoms with Crippen LogP contribution in [0, 0.1) is 23.2 Å². The van der Waals surface area contributed by atoms with Gasteiger partial charge in [-0.3, -0.25) is 14.4 Å². The Bertz CT molecular complexity index is 1510. The molecule has 4 unspecified atom stereocenters. The molecule has 3 amide bonds. The van der Waals surface area contributed by atoms with Crippen molar-refractivity contribution in [3.8, 4) is 6.07 Å². The van der Waals surface area contributed by atoms with Gasteiger partial charge in [-0.05, 0) is 49.6 Å². The average molecular weight is 514 g/mol. The predicted molar refractivity (Wildman–Crippen MR) is 138 cm³/mol. The zero-order chi connectivity index (χ0) is 25.9. The Hall–Kier alpha value is -3.73. The third-order valence-corrected chi connectivity index (χ3v) is 8.39. The maximum Gasteiger partial charge on any atom is 0.240 e. The van der Waals surface area contributed by atoms with Crippen LogP contribution in [0.1, 0.15) is 37.3 Å². The van der Waals surface area contributed by atoms with Crippen LogP contribution in [0.3, 0.4) is 0 Å². The van der Waals surface area contributed by atoms with Crippen LogP contribution in [-0.2, 0) is 25.7 Å². The second-order valence-corrected chi connectivity index (χ2v) is 10.8. The van der Waals surface area contributed by atoms with Gasteiger partial charge >= 0.3 is 0 Å². The molecule has 3 heterocycles. The highest BCUT2D eigenvalue weighted by molar-refractivity contribution is 6.30. The number of hydrogen-bond acceptors (Lipinski definition) is 5. The zero-order valence-electron chi connectivity index (χ0n) is 20.2. The predicted octanol–water partition coefficient (Wildman–Crippen LogP) is 4.50. The number of carbonyl (C=O) groups excluding carboxylic acids is 3. The van der Waals surface area contributed by atoms with Gasteiger partial charge in [0, 0.05) is 22.3 Å². The summed E-state index contributed by atoms with van der Waals surface area (Å²) in [6.45, 7) is 2.20. The lowest BCUT2D eigenvalue weighted by Crippen LogP contribution is -2.45. The number of nitrogens with zero attached hydrogens (tertiary/aromatic N) is 2. The van der Waals surface area contributed by atoms with Crippen LogP contribution in [0.2, 0.25) is 5.02 Å². The number of nitriles is 1. The van der Waals surface area contributed by atoms with Gasteiger partial charge in [-0.1, -0.05) is 48.0 Å². The molecule has 37 heavy (non-hydrogen) atoms. The Morgan fingerprint density at radius 3 is 2.49 bits per heavy atom. The summed E-state index contributed by atoms with van der Waals surface area (Å²) in [6, 6.07) is 19.9. The van der Waals surface area contributed by atoms with Crippen molar-refractivity contribution < 1.29 is 19.1 Å². The van der Waals surface area contributed by atoms with Crippen LogP contribution in [0.5, 0.6) is 0 Å². The van der Waals surface area contributed by atoms with Crippen molar-refractivity contribution in [2.75, 3.05) is 4.90 Å². The summed E-state index contributed by atoms with van der Waals surface area (Å²) in [5.74, 6) is -2.29. The SMILES string of the molecule is CC12CCC(CC(=O)NCc3ccc(Cl)cc3)(O1)C1C(=O)N(c3ccc(C#N)c4ccccc34)C(=O)C12. The highest BCUT2D eigenvalue weighted by Gasteiger charge is 2.74. The summed E-state index contributed by atoms with van der Waals surface area (Å²) in [5, 5.41) is 14.4. The van der Waals surface area contributed by atoms with Gasteiger partial charge in [-0.2, -0.15) is 5.26 Å². The van der Waals surface area contributed by atoms with Gasteiger partial charge in [0.25, 0.3) is 0 Å². The molecule has 8 heteroatoms. The van der Waals surface area contributed by atoms with Crippen LogP contribution in [0.25, 0.3) is 10.8 Å². The van der Waals surface area contributed by atoms with E-state index in [-0.39, 0.29) is 24.1 Å². The first kappa shape index (κ1) is 23.7. The third kappa shape index (κ3) is 3.55. The second kappa shape index (κ2) is 8.41. The molecule has 3 aromatic carbocycles. The van der Waals surface area contributed by atoms with Gasteiger partial charge in [0.05, 0.1) is 46.8 Å². The van der Waals surface area contributed by atoms with Crippen molar-refractivity contribution in [1.29, 1.82) is 5.26 Å². The topological polar surface area (TPSA) is 99.5 Å². The normalized spacial score (nSPS) is 28.0. The number of nitrogens with one attached hydrogen (secondary N) is 1. The molecular formula is C29H24ClN3O4. The molecule has 0 aromatic heterocycles. The number of fused-ring (bicyclic) bond motifs is 6. The van der Waals surface area contributed by atoms with Crippen LogP contribution < -0.4 is 10.2 Å². The molecular weight excluding hydrogens is 490 g/mol. The zero-order valence-corrected chi connectivity index (χ0v) is 20.9. The summed E-state index contributed by atoms with van der Waals surface area (Å²) in [4.78, 5) is 42.0. The lowest BCUT2D eigenvalue weighted by Gasteiger charge is -2.30. The van der Waals surface area contributed by atoms with Crippen molar-refractivity contribution in [3.05, 3.63) is 76.8 Å². The van der Waals surface area contributed by atoms with E-state index in [0.717, 1.165) is 5.56 Å². The van der Waals surface area contributed by atoms with E-state index >= 15 is 0 Å². The number of amides is 3. The fourth-order valence-corrected chi connectivity index (χ4v) is 6.59. The molecule has 6 rings (SSSR count). The number of imide groups is 1. The molecule has 2 bridgehead atoms. The highest BCUT2D eigenvalue weighted by atomic mass is 35.5. The van der Waals surface area contributed by atoms with Gasteiger partial charge in [0.1, 0.15) is 0 Å². The molecule has 3 fully saturated rings. The molecule has 7 nitrogen and oxygen atoms in total. The van der Waals surface area contributed by atoms with Gasteiger partial charge in [-0.15, -0.1) is 0 Å². The van der Waals surface area contributed by atoms with E-state index in [4.69, 9.17) is 16.3 Å². The molecule has 0 aliphatic carbocycles. The molecule has 186 valence electrons. The summed E-state index contributed by atoms with van der Waals surface area (Å²) in [7, 11) is 0. The van der Waals surface area contributed by atoms with Crippen LogP contribution >= 0.6 is 11.6 Å². The molecule has 0 saturated carbocycles. The minimum atomic E-state index is -1.03. The number of benzene rings is 3. The number of hydrogen-bond donors (Lipinski definition) is 1. The number of halogens is 1. The summed E-state index contributed by atoms with van der Waals surface area (Å²) in [6.07, 6.45) is 1.12. The van der Waals surface area contributed by atoms with Crippen LogP contribution in [0.15, 0.2) is 60.7 Å². The van der Waals surface area contributed by atoms with Gasteiger partial charge in [0.15, 0.2) is 0 Å². The number of rotatable bonds is 5. The molecule has 4 atom stereocenters. The van der Waals surface area contributed by atoms with E-state index in [1.807, 2.05) is 43.3 Å². The number of anilines is 1. The Morgan fingerprint density at radius 1 is 1.05 bits per heavy atom. The van der Waals surface area contributed by atoms with Gasteiger partial charge in [-0.25, -0.2) is 4.90 Å². The van der Waals surface area contributed by atoms with Crippen LogP contribution in [0.4, 0.5) is 5.69 Å². The number of ether oxygens (including phenoxy) is 1. The van der Waals surface area contributed by atoms with Crippen molar-refractivity contribution in [3.63, 3.8) is 0 Å². The molecule has 3 aliphatic heterocycles. The Kier molecular flexibility index (Phi) is 5.37. The standard InChI is InChI=1S/C29H24ClN3O4/c1-28-12-13-29(37-28,14-23(34)32-16-17-6-9-19(30)10-7-17)25-24(28)26(35)33(27(25)36)22-11-8-18(15-31)20-4-2-3-5-21(20)22/h2-11,24-25H,12-14,16H2,1H3,(H,32,34). The minimum absolute atomic E-state index is 0.00166. The van der Waals surface area contributed by atoms with Crippen LogP contribution in [-0.4, -0.2) is 28.9 Å². The highest BCUT2D eigenvalue weighted by Crippen LogP contribution is 2.62. The summed E-state index contributed by atoms with van der Waals surface area (Å²) in [5.41, 5.74) is -0.00631. The smallest absolute Gasteiger partial charge is 0.240 e. The van der Waals surface area contributed by atoms with Gasteiger partial charge in [0.2, 0.25) is 17.7 Å². The Morgan fingerprint density at radius 2 is 1.76 bits per heavy atom. The molecule has 3 aromatic rings. The van der Waals surface area contributed by atoms with Crippen molar-refractivity contribution in [2.24, 2.45) is 11.8 Å². The second-order valence-electron chi connectivity index (χ2n) is 10.3. The van der Waals surface area contributed by atoms with E-state index in [9.17, 15) is 19.6 Å². The first-order chi connectivity index (χ1) is 17.8. The number of carbonyl (C=O) groups is 3. The fourth-order valence-electron chi connectivity index (χ4n) is 6.46. The van der Waals surface area contributed by atoms with Crippen molar-refractivity contribution in [2.45, 2.75) is 43.9 Å². The van der Waals surface area contributed by atoms with Gasteiger partial charge < -0.3 is 10.1 Å². The Balaban J connectivity index is 1.31. The van der Waals surface area contributed by atoms with Crippen molar-refractivity contribution in [1.82, 2.24) is 5.32 Å². The third-order valence-electron chi connectivity index (χ3n) is 8.14. The lowest BCUT2D eigenvalue weighted by molar-refractivity contribution is -0.135. The maximum absolute atomic E-state index is 13.9. The van der Waals surface area contributed by atoms with E-state index in [1.54, 1.807) is 24.3 Å². The molecule has 3 aliphatic rings. The first-order valence-corrected chi connectivity index (χ1v) is 12.7.